The van der Waals surface area contributed by atoms with Gasteiger partial charge in [-0.1, -0.05) is 0 Å². The number of nitrogens with one attached hydrogen (secondary N) is 1. The molecule has 0 saturated heterocycles. The van der Waals surface area contributed by atoms with Crippen molar-refractivity contribution in [1.29, 1.82) is 0 Å². The Hall–Kier alpha value is -3.89. The number of amides is 1. The van der Waals surface area contributed by atoms with E-state index >= 15 is 0 Å². The first-order valence-corrected chi connectivity index (χ1v) is 9.20. The van der Waals surface area contributed by atoms with Gasteiger partial charge in [0.25, 0.3) is 5.91 Å². The lowest BCUT2D eigenvalue weighted by Gasteiger charge is -2.23. The van der Waals surface area contributed by atoms with E-state index in [4.69, 9.17) is 0 Å². The van der Waals surface area contributed by atoms with Crippen LogP contribution in [0, 0.1) is 0 Å². The zero-order valence-corrected chi connectivity index (χ0v) is 16.4. The van der Waals surface area contributed by atoms with Gasteiger partial charge in [0.1, 0.15) is 5.75 Å². The Bertz CT molecular complexity index is 1120. The molecule has 0 aliphatic rings. The average molecular weight is 468 g/mol. The van der Waals surface area contributed by atoms with Gasteiger partial charge in [0.2, 0.25) is 0 Å². The first-order chi connectivity index (χ1) is 15.5. The molecule has 172 valence electrons. The smallest absolute Gasteiger partial charge is 0.454 e. The number of alkyl halides is 6. The molecule has 3 aromatic rings. The van der Waals surface area contributed by atoms with E-state index in [-0.39, 0.29) is 11.3 Å². The molecule has 0 radical (unpaired) electrons. The van der Waals surface area contributed by atoms with Gasteiger partial charge in [-0.3, -0.25) is 14.6 Å². The number of benzene rings is 2. The SMILES string of the molecule is O=C(Nc1ccc(C(=O)c2ccncc2)cc1)c1ccc(OC(F)C(F)(F)C(F)(F)F)cc1. The van der Waals surface area contributed by atoms with Crippen LogP contribution in [0.5, 0.6) is 5.75 Å². The second-order valence-corrected chi connectivity index (χ2v) is 6.68. The molecule has 1 N–H and O–H groups in total. The van der Waals surface area contributed by atoms with Crippen molar-refractivity contribution in [2.45, 2.75) is 18.5 Å². The third-order valence-electron chi connectivity index (χ3n) is 4.37. The third kappa shape index (κ3) is 5.48. The molecule has 1 amide bonds. The van der Waals surface area contributed by atoms with Crippen molar-refractivity contribution in [2.24, 2.45) is 0 Å². The van der Waals surface area contributed by atoms with Crippen LogP contribution in [0.25, 0.3) is 0 Å². The van der Waals surface area contributed by atoms with Gasteiger partial charge in [-0.05, 0) is 60.7 Å². The van der Waals surface area contributed by atoms with Crippen molar-refractivity contribution in [1.82, 2.24) is 4.98 Å². The van der Waals surface area contributed by atoms with E-state index in [1.807, 2.05) is 0 Å². The second-order valence-electron chi connectivity index (χ2n) is 6.68. The number of ketones is 1. The van der Waals surface area contributed by atoms with Gasteiger partial charge in [-0.2, -0.15) is 26.3 Å². The van der Waals surface area contributed by atoms with Crippen LogP contribution >= 0.6 is 0 Å². The van der Waals surface area contributed by atoms with Crippen molar-refractivity contribution in [3.8, 4) is 5.75 Å². The van der Waals surface area contributed by atoms with Crippen LogP contribution in [0.15, 0.2) is 73.1 Å². The lowest BCUT2D eigenvalue weighted by Crippen LogP contribution is -2.47. The maximum absolute atomic E-state index is 13.3. The number of rotatable bonds is 7. The van der Waals surface area contributed by atoms with Crippen molar-refractivity contribution in [3.63, 3.8) is 0 Å². The molecule has 1 unspecified atom stereocenters. The topological polar surface area (TPSA) is 68.3 Å². The standard InChI is InChI=1S/C22H14F6N2O3/c23-20(21(24,25)22(26,27)28)33-17-7-3-15(4-8-17)19(32)30-16-5-1-13(2-6-16)18(31)14-9-11-29-12-10-14/h1-12,20H,(H,30,32). The fourth-order valence-electron chi connectivity index (χ4n) is 2.59. The van der Waals surface area contributed by atoms with Gasteiger partial charge in [-0.15, -0.1) is 0 Å². The monoisotopic (exact) mass is 468 g/mol. The fraction of sp³-hybridized carbons (Fsp3) is 0.136. The first kappa shape index (κ1) is 23.8. The summed E-state index contributed by atoms with van der Waals surface area (Å²) < 4.78 is 79.7. The number of ether oxygens (including phenoxy) is 1. The molecule has 5 nitrogen and oxygen atoms in total. The first-order valence-electron chi connectivity index (χ1n) is 9.20. The molecule has 33 heavy (non-hydrogen) atoms. The van der Waals surface area contributed by atoms with Crippen LogP contribution in [0.2, 0.25) is 0 Å². The molecule has 0 saturated carbocycles. The van der Waals surface area contributed by atoms with E-state index in [0.717, 1.165) is 24.3 Å². The van der Waals surface area contributed by atoms with E-state index < -0.39 is 30.1 Å². The highest BCUT2D eigenvalue weighted by molar-refractivity contribution is 6.09. The zero-order chi connectivity index (χ0) is 24.2. The van der Waals surface area contributed by atoms with Crippen molar-refractivity contribution in [3.05, 3.63) is 89.7 Å². The Labute approximate surface area is 183 Å². The van der Waals surface area contributed by atoms with E-state index in [0.29, 0.717) is 16.8 Å². The van der Waals surface area contributed by atoms with Gasteiger partial charge in [0.15, 0.2) is 5.78 Å². The predicted octanol–water partition coefficient (Wildman–Crippen LogP) is 5.44. The van der Waals surface area contributed by atoms with E-state index in [1.54, 1.807) is 12.1 Å². The maximum Gasteiger partial charge on any atom is 0.460 e. The maximum atomic E-state index is 13.3. The summed E-state index contributed by atoms with van der Waals surface area (Å²) in [6, 6.07) is 13.0. The summed E-state index contributed by atoms with van der Waals surface area (Å²) in [5.74, 6) is -7.21. The molecule has 0 fully saturated rings. The normalized spacial score (nSPS) is 12.7. The fourth-order valence-corrected chi connectivity index (χ4v) is 2.59. The molecule has 0 aliphatic carbocycles. The number of anilines is 1. The Kier molecular flexibility index (Phi) is 6.70. The van der Waals surface area contributed by atoms with Crippen LogP contribution in [0.3, 0.4) is 0 Å². The molecule has 1 heterocycles. The average Bonchev–Trinajstić information content (AvgIpc) is 2.79. The van der Waals surface area contributed by atoms with E-state index in [1.165, 1.54) is 36.7 Å². The molecule has 0 bridgehead atoms. The molecule has 11 heteroatoms. The number of halogens is 6. The largest absolute Gasteiger partial charge is 0.460 e. The summed E-state index contributed by atoms with van der Waals surface area (Å²) in [7, 11) is 0. The summed E-state index contributed by atoms with van der Waals surface area (Å²) >= 11 is 0. The summed E-state index contributed by atoms with van der Waals surface area (Å²) in [5, 5.41) is 2.52. The number of nitrogens with zero attached hydrogens (tertiary/aromatic N) is 1. The molecular weight excluding hydrogens is 454 g/mol. The Morgan fingerprint density at radius 3 is 1.85 bits per heavy atom. The molecular formula is C22H14F6N2O3. The molecule has 1 aromatic heterocycles. The lowest BCUT2D eigenvalue weighted by atomic mass is 10.0. The van der Waals surface area contributed by atoms with Crippen LogP contribution < -0.4 is 10.1 Å². The molecule has 1 atom stereocenters. The van der Waals surface area contributed by atoms with Crippen molar-refractivity contribution in [2.75, 3.05) is 5.32 Å². The number of carbonyl (C=O) groups excluding carboxylic acids is 2. The van der Waals surface area contributed by atoms with Gasteiger partial charge in [0, 0.05) is 34.8 Å². The Balaban J connectivity index is 1.62. The van der Waals surface area contributed by atoms with Crippen molar-refractivity contribution < 1.29 is 40.7 Å². The second kappa shape index (κ2) is 9.31. The highest BCUT2D eigenvalue weighted by atomic mass is 19.4. The Morgan fingerprint density at radius 1 is 0.788 bits per heavy atom. The van der Waals surface area contributed by atoms with E-state index in [2.05, 4.69) is 15.0 Å². The zero-order valence-electron chi connectivity index (χ0n) is 16.4. The highest BCUT2D eigenvalue weighted by Crippen LogP contribution is 2.40. The minimum atomic E-state index is -6.12. The van der Waals surface area contributed by atoms with Gasteiger partial charge < -0.3 is 10.1 Å². The number of pyridine rings is 1. The van der Waals surface area contributed by atoms with Crippen LogP contribution in [-0.4, -0.2) is 35.1 Å². The minimum absolute atomic E-state index is 0.00252. The van der Waals surface area contributed by atoms with Gasteiger partial charge in [0.05, 0.1) is 0 Å². The quantitative estimate of drug-likeness (QED) is 0.371. The summed E-state index contributed by atoms with van der Waals surface area (Å²) in [6.07, 6.45) is -7.11. The van der Waals surface area contributed by atoms with E-state index in [9.17, 15) is 35.9 Å². The molecule has 2 aromatic carbocycles. The number of hydrogen-bond donors (Lipinski definition) is 1. The summed E-state index contributed by atoms with van der Waals surface area (Å²) in [4.78, 5) is 28.5. The minimum Gasteiger partial charge on any atom is -0.454 e. The summed E-state index contributed by atoms with van der Waals surface area (Å²) in [5.41, 5.74) is 1.14. The van der Waals surface area contributed by atoms with Crippen LogP contribution in [0.1, 0.15) is 26.3 Å². The van der Waals surface area contributed by atoms with Crippen LogP contribution in [-0.2, 0) is 0 Å². The lowest BCUT2D eigenvalue weighted by molar-refractivity contribution is -0.328. The van der Waals surface area contributed by atoms with Gasteiger partial charge in [-0.25, -0.2) is 0 Å². The third-order valence-corrected chi connectivity index (χ3v) is 4.37. The molecule has 0 aliphatic heterocycles. The Morgan fingerprint density at radius 2 is 1.30 bits per heavy atom. The predicted molar refractivity (Wildman–Crippen MR) is 105 cm³/mol. The molecule has 0 spiro atoms. The summed E-state index contributed by atoms with van der Waals surface area (Å²) in [6.45, 7) is 0. The number of carbonyl (C=O) groups is 2. The van der Waals surface area contributed by atoms with Crippen LogP contribution in [0.4, 0.5) is 32.0 Å². The number of hydrogen-bond acceptors (Lipinski definition) is 4. The highest BCUT2D eigenvalue weighted by Gasteiger charge is 2.65. The van der Waals surface area contributed by atoms with Gasteiger partial charge >= 0.3 is 18.5 Å². The molecule has 3 rings (SSSR count). The number of aromatic nitrogens is 1. The van der Waals surface area contributed by atoms with Crippen molar-refractivity contribution >= 4 is 17.4 Å².